The summed E-state index contributed by atoms with van der Waals surface area (Å²) in [5.41, 5.74) is 5.58. The zero-order valence-corrected chi connectivity index (χ0v) is 7.49. The van der Waals surface area contributed by atoms with Crippen LogP contribution in [-0.4, -0.2) is 17.1 Å². The van der Waals surface area contributed by atoms with Gasteiger partial charge in [0.05, 0.1) is 0 Å². The minimum Gasteiger partial charge on any atom is -0.480 e. The number of rotatable bonds is 2. The first kappa shape index (κ1) is 9.52. The first-order valence-electron chi connectivity index (χ1n) is 4.61. The first-order valence-corrected chi connectivity index (χ1v) is 4.61. The monoisotopic (exact) mass is 171 g/mol. The Morgan fingerprint density at radius 1 is 1.50 bits per heavy atom. The SMILES string of the molecule is CC1CCCCC1[C@@H](N)C(=O)O. The zero-order chi connectivity index (χ0) is 9.14. The van der Waals surface area contributed by atoms with Crippen molar-refractivity contribution in [3.8, 4) is 0 Å². The highest BCUT2D eigenvalue weighted by atomic mass is 16.4. The molecule has 2 unspecified atom stereocenters. The topological polar surface area (TPSA) is 63.3 Å². The molecule has 1 fully saturated rings. The first-order chi connectivity index (χ1) is 5.63. The third-order valence-corrected chi connectivity index (χ3v) is 2.92. The molecule has 0 aliphatic heterocycles. The number of carboxylic acid groups (broad SMARTS) is 1. The van der Waals surface area contributed by atoms with E-state index in [1.54, 1.807) is 0 Å². The van der Waals surface area contributed by atoms with E-state index in [1.165, 1.54) is 6.42 Å². The third-order valence-electron chi connectivity index (χ3n) is 2.92. The Bertz CT molecular complexity index is 170. The fraction of sp³-hybridized carbons (Fsp3) is 0.889. The Morgan fingerprint density at radius 3 is 2.58 bits per heavy atom. The highest BCUT2D eigenvalue weighted by molar-refractivity contribution is 5.73. The van der Waals surface area contributed by atoms with Crippen molar-refractivity contribution in [2.24, 2.45) is 17.6 Å². The van der Waals surface area contributed by atoms with Crippen molar-refractivity contribution in [3.63, 3.8) is 0 Å². The van der Waals surface area contributed by atoms with Crippen molar-refractivity contribution in [3.05, 3.63) is 0 Å². The van der Waals surface area contributed by atoms with Crippen LogP contribution in [0.4, 0.5) is 0 Å². The van der Waals surface area contributed by atoms with Gasteiger partial charge in [-0.05, 0) is 18.3 Å². The van der Waals surface area contributed by atoms with Crippen molar-refractivity contribution >= 4 is 5.97 Å². The normalized spacial score (nSPS) is 32.8. The van der Waals surface area contributed by atoms with Crippen molar-refractivity contribution in [2.75, 3.05) is 0 Å². The standard InChI is InChI=1S/C9H17NO2/c1-6-4-2-3-5-7(6)8(10)9(11)12/h6-8H,2-5,10H2,1H3,(H,11,12)/t6?,7?,8-/m1/s1. The van der Waals surface area contributed by atoms with Gasteiger partial charge in [-0.25, -0.2) is 0 Å². The van der Waals surface area contributed by atoms with Gasteiger partial charge in [-0.1, -0.05) is 26.2 Å². The second kappa shape index (κ2) is 3.90. The maximum atomic E-state index is 10.6. The molecule has 0 aromatic carbocycles. The molecule has 1 aliphatic carbocycles. The van der Waals surface area contributed by atoms with Crippen LogP contribution >= 0.6 is 0 Å². The number of hydrogen-bond acceptors (Lipinski definition) is 2. The third kappa shape index (κ3) is 1.97. The van der Waals surface area contributed by atoms with Crippen LogP contribution in [0.3, 0.4) is 0 Å². The van der Waals surface area contributed by atoms with Gasteiger partial charge in [-0.3, -0.25) is 4.79 Å². The lowest BCUT2D eigenvalue weighted by Crippen LogP contribution is -2.42. The number of aliphatic carboxylic acids is 1. The minimum absolute atomic E-state index is 0.191. The van der Waals surface area contributed by atoms with Gasteiger partial charge in [0.2, 0.25) is 0 Å². The summed E-state index contributed by atoms with van der Waals surface area (Å²) in [6.45, 7) is 2.10. The van der Waals surface area contributed by atoms with Gasteiger partial charge in [-0.2, -0.15) is 0 Å². The molecule has 3 atom stereocenters. The minimum atomic E-state index is -0.853. The van der Waals surface area contributed by atoms with Gasteiger partial charge >= 0.3 is 5.97 Å². The fourth-order valence-corrected chi connectivity index (χ4v) is 2.06. The molecule has 1 rings (SSSR count). The zero-order valence-electron chi connectivity index (χ0n) is 7.49. The molecule has 0 aromatic heterocycles. The maximum Gasteiger partial charge on any atom is 0.320 e. The summed E-state index contributed by atoms with van der Waals surface area (Å²) in [5.74, 6) is -0.185. The fourth-order valence-electron chi connectivity index (χ4n) is 2.06. The Labute approximate surface area is 72.9 Å². The molecule has 3 N–H and O–H groups in total. The van der Waals surface area contributed by atoms with E-state index in [0.717, 1.165) is 19.3 Å². The van der Waals surface area contributed by atoms with Crippen LogP contribution in [0.25, 0.3) is 0 Å². The molecule has 3 heteroatoms. The molecule has 1 saturated carbocycles. The maximum absolute atomic E-state index is 10.6. The molecule has 3 nitrogen and oxygen atoms in total. The summed E-state index contributed by atoms with van der Waals surface area (Å²) in [6, 6.07) is -0.653. The Kier molecular flexibility index (Phi) is 3.09. The van der Waals surface area contributed by atoms with E-state index in [-0.39, 0.29) is 5.92 Å². The van der Waals surface area contributed by atoms with Crippen LogP contribution in [0.15, 0.2) is 0 Å². The highest BCUT2D eigenvalue weighted by Crippen LogP contribution is 2.31. The molecule has 0 aromatic rings. The lowest BCUT2D eigenvalue weighted by Gasteiger charge is -2.31. The van der Waals surface area contributed by atoms with Crippen molar-refractivity contribution < 1.29 is 9.90 Å². The van der Waals surface area contributed by atoms with Crippen LogP contribution in [0, 0.1) is 11.8 Å². The lowest BCUT2D eigenvalue weighted by atomic mass is 9.76. The molecule has 0 amide bonds. The predicted octanol–water partition coefficient (Wildman–Crippen LogP) is 1.22. The molecular weight excluding hydrogens is 154 g/mol. The number of nitrogens with two attached hydrogens (primary N) is 1. The molecule has 70 valence electrons. The Hall–Kier alpha value is -0.570. The van der Waals surface area contributed by atoms with Crippen molar-refractivity contribution in [2.45, 2.75) is 38.6 Å². The van der Waals surface area contributed by atoms with E-state index in [0.29, 0.717) is 5.92 Å². The van der Waals surface area contributed by atoms with E-state index in [1.807, 2.05) is 0 Å². The van der Waals surface area contributed by atoms with Gasteiger partial charge in [0.25, 0.3) is 0 Å². The summed E-state index contributed by atoms with van der Waals surface area (Å²) >= 11 is 0. The Morgan fingerprint density at radius 2 is 2.08 bits per heavy atom. The quantitative estimate of drug-likeness (QED) is 0.656. The molecule has 0 saturated heterocycles. The summed E-state index contributed by atoms with van der Waals surface area (Å²) in [7, 11) is 0. The van der Waals surface area contributed by atoms with Gasteiger partial charge in [-0.15, -0.1) is 0 Å². The summed E-state index contributed by atoms with van der Waals surface area (Å²) in [4.78, 5) is 10.6. The van der Waals surface area contributed by atoms with E-state index in [2.05, 4.69) is 6.92 Å². The van der Waals surface area contributed by atoms with E-state index < -0.39 is 12.0 Å². The molecule has 0 bridgehead atoms. The number of carbonyl (C=O) groups is 1. The van der Waals surface area contributed by atoms with E-state index in [9.17, 15) is 4.79 Å². The predicted molar refractivity (Wildman–Crippen MR) is 46.7 cm³/mol. The molecule has 0 spiro atoms. The number of carboxylic acids is 1. The van der Waals surface area contributed by atoms with Crippen molar-refractivity contribution in [1.82, 2.24) is 0 Å². The molecule has 0 heterocycles. The molecule has 12 heavy (non-hydrogen) atoms. The summed E-state index contributed by atoms with van der Waals surface area (Å²) < 4.78 is 0. The van der Waals surface area contributed by atoms with E-state index >= 15 is 0 Å². The molecule has 0 radical (unpaired) electrons. The van der Waals surface area contributed by atoms with Crippen LogP contribution in [0.5, 0.6) is 0 Å². The average molecular weight is 171 g/mol. The van der Waals surface area contributed by atoms with E-state index in [4.69, 9.17) is 10.8 Å². The van der Waals surface area contributed by atoms with Crippen LogP contribution in [0.2, 0.25) is 0 Å². The lowest BCUT2D eigenvalue weighted by molar-refractivity contribution is -0.140. The molecule has 1 aliphatic rings. The molecular formula is C9H17NO2. The summed E-state index contributed by atoms with van der Waals surface area (Å²) in [6.07, 6.45) is 4.47. The average Bonchev–Trinajstić information content (AvgIpc) is 2.04. The second-order valence-electron chi connectivity index (χ2n) is 3.79. The van der Waals surface area contributed by atoms with Gasteiger partial charge in [0.1, 0.15) is 6.04 Å². The highest BCUT2D eigenvalue weighted by Gasteiger charge is 2.30. The Balaban J connectivity index is 2.53. The van der Waals surface area contributed by atoms with Gasteiger partial charge < -0.3 is 10.8 Å². The smallest absolute Gasteiger partial charge is 0.320 e. The van der Waals surface area contributed by atoms with Crippen LogP contribution in [0.1, 0.15) is 32.6 Å². The van der Waals surface area contributed by atoms with Crippen LogP contribution in [-0.2, 0) is 4.79 Å². The van der Waals surface area contributed by atoms with Gasteiger partial charge in [0, 0.05) is 0 Å². The second-order valence-corrected chi connectivity index (χ2v) is 3.79. The van der Waals surface area contributed by atoms with Gasteiger partial charge in [0.15, 0.2) is 0 Å². The number of hydrogen-bond donors (Lipinski definition) is 2. The summed E-state index contributed by atoms with van der Waals surface area (Å²) in [5, 5.41) is 8.73. The van der Waals surface area contributed by atoms with Crippen LogP contribution < -0.4 is 5.73 Å². The van der Waals surface area contributed by atoms with Crippen molar-refractivity contribution in [1.29, 1.82) is 0 Å². The largest absolute Gasteiger partial charge is 0.480 e.